The molecule has 0 amide bonds. The molecule has 0 saturated heterocycles. The highest BCUT2D eigenvalue weighted by Crippen LogP contribution is 2.34. The van der Waals surface area contributed by atoms with Crippen molar-refractivity contribution in [2.24, 2.45) is 0 Å². The van der Waals surface area contributed by atoms with Gasteiger partial charge in [0.2, 0.25) is 0 Å². The van der Waals surface area contributed by atoms with Gasteiger partial charge in [0.05, 0.1) is 29.2 Å². The van der Waals surface area contributed by atoms with Crippen molar-refractivity contribution >= 4 is 49.1 Å². The molecular formula is C13H13Br2N3O. The average Bonchev–Trinajstić information content (AvgIpc) is 2.40. The summed E-state index contributed by atoms with van der Waals surface area (Å²) in [7, 11) is 1.63. The van der Waals surface area contributed by atoms with Gasteiger partial charge in [0.15, 0.2) is 0 Å². The molecule has 0 saturated carbocycles. The molecule has 3 N–H and O–H groups in total. The van der Waals surface area contributed by atoms with E-state index in [1.807, 2.05) is 25.1 Å². The summed E-state index contributed by atoms with van der Waals surface area (Å²) in [5.74, 6) is 1.44. The second-order valence-electron chi connectivity index (χ2n) is 3.97. The molecule has 0 aliphatic carbocycles. The van der Waals surface area contributed by atoms with Crippen molar-refractivity contribution in [3.63, 3.8) is 0 Å². The molecule has 0 aliphatic rings. The number of hydrogen-bond acceptors (Lipinski definition) is 4. The van der Waals surface area contributed by atoms with E-state index in [4.69, 9.17) is 10.5 Å². The third-order valence-electron chi connectivity index (χ3n) is 2.72. The fraction of sp³-hybridized carbons (Fsp3) is 0.154. The molecule has 0 fully saturated rings. The number of nitrogen functional groups attached to an aromatic ring is 1. The molecule has 0 unspecified atom stereocenters. The van der Waals surface area contributed by atoms with Crippen LogP contribution in [0.4, 0.5) is 17.2 Å². The van der Waals surface area contributed by atoms with Crippen LogP contribution in [0, 0.1) is 6.92 Å². The Morgan fingerprint density at radius 1 is 1.32 bits per heavy atom. The predicted molar refractivity (Wildman–Crippen MR) is 85.1 cm³/mol. The number of aromatic nitrogens is 1. The highest BCUT2D eigenvalue weighted by molar-refractivity contribution is 9.11. The second kappa shape index (κ2) is 5.79. The Morgan fingerprint density at radius 2 is 2.05 bits per heavy atom. The van der Waals surface area contributed by atoms with Gasteiger partial charge in [-0.1, -0.05) is 15.9 Å². The van der Waals surface area contributed by atoms with E-state index in [-0.39, 0.29) is 0 Å². The van der Waals surface area contributed by atoms with Crippen LogP contribution in [0.1, 0.15) is 5.56 Å². The van der Waals surface area contributed by atoms with E-state index in [1.54, 1.807) is 13.3 Å². The number of nitrogens with zero attached hydrogens (tertiary/aromatic N) is 1. The van der Waals surface area contributed by atoms with E-state index >= 15 is 0 Å². The lowest BCUT2D eigenvalue weighted by molar-refractivity contribution is 0.416. The van der Waals surface area contributed by atoms with Crippen LogP contribution < -0.4 is 15.8 Å². The quantitative estimate of drug-likeness (QED) is 0.827. The van der Waals surface area contributed by atoms with E-state index in [1.165, 1.54) is 0 Å². The van der Waals surface area contributed by atoms with Crippen LogP contribution in [-0.4, -0.2) is 12.1 Å². The van der Waals surface area contributed by atoms with Crippen molar-refractivity contribution in [1.29, 1.82) is 0 Å². The molecule has 0 atom stereocenters. The first-order chi connectivity index (χ1) is 9.02. The fourth-order valence-corrected chi connectivity index (χ4v) is 2.38. The molecular weight excluding hydrogens is 374 g/mol. The summed E-state index contributed by atoms with van der Waals surface area (Å²) in [5, 5.41) is 3.23. The molecule has 2 aromatic rings. The zero-order chi connectivity index (χ0) is 14.0. The number of ether oxygens (including phenoxy) is 1. The van der Waals surface area contributed by atoms with Gasteiger partial charge >= 0.3 is 0 Å². The number of benzene rings is 1. The molecule has 6 heteroatoms. The molecule has 0 spiro atoms. The smallest absolute Gasteiger partial charge is 0.145 e. The van der Waals surface area contributed by atoms with E-state index in [9.17, 15) is 0 Å². The van der Waals surface area contributed by atoms with E-state index in [2.05, 4.69) is 42.2 Å². The Hall–Kier alpha value is -1.27. The van der Waals surface area contributed by atoms with Gasteiger partial charge in [-0.05, 0) is 46.6 Å². The number of hydrogen-bond donors (Lipinski definition) is 2. The summed E-state index contributed by atoms with van der Waals surface area (Å²) in [4.78, 5) is 4.29. The summed E-state index contributed by atoms with van der Waals surface area (Å²) < 4.78 is 7.11. The average molecular weight is 387 g/mol. The number of anilines is 3. The zero-order valence-electron chi connectivity index (χ0n) is 10.5. The van der Waals surface area contributed by atoms with Gasteiger partial charge in [0.1, 0.15) is 11.6 Å². The first-order valence-electron chi connectivity index (χ1n) is 5.54. The lowest BCUT2D eigenvalue weighted by atomic mass is 10.2. The zero-order valence-corrected chi connectivity index (χ0v) is 13.7. The van der Waals surface area contributed by atoms with Crippen LogP contribution >= 0.6 is 31.9 Å². The van der Waals surface area contributed by atoms with E-state index < -0.39 is 0 Å². The van der Waals surface area contributed by atoms with Crippen LogP contribution in [0.5, 0.6) is 5.75 Å². The summed E-state index contributed by atoms with van der Waals surface area (Å²) in [5.41, 5.74) is 8.24. The van der Waals surface area contributed by atoms with Crippen molar-refractivity contribution in [3.8, 4) is 5.75 Å². The minimum Gasteiger partial charge on any atom is -0.495 e. The van der Waals surface area contributed by atoms with Gasteiger partial charge in [0, 0.05) is 4.47 Å². The SMILES string of the molecule is COc1ccc(Br)cc1Nc1ncc(N)c(C)c1Br. The van der Waals surface area contributed by atoms with E-state index in [0.29, 0.717) is 11.5 Å². The number of nitrogens with one attached hydrogen (secondary N) is 1. The Morgan fingerprint density at radius 3 is 2.74 bits per heavy atom. The van der Waals surface area contributed by atoms with Gasteiger partial charge in [-0.2, -0.15) is 0 Å². The maximum Gasteiger partial charge on any atom is 0.145 e. The molecule has 1 aromatic heterocycles. The number of rotatable bonds is 3. The number of halogens is 2. The molecule has 1 aromatic carbocycles. The van der Waals surface area contributed by atoms with Gasteiger partial charge in [0.25, 0.3) is 0 Å². The first-order valence-corrected chi connectivity index (χ1v) is 7.12. The monoisotopic (exact) mass is 385 g/mol. The Kier molecular flexibility index (Phi) is 4.31. The molecule has 0 aliphatic heterocycles. The maximum absolute atomic E-state index is 5.81. The molecule has 19 heavy (non-hydrogen) atoms. The van der Waals surface area contributed by atoms with Gasteiger partial charge in [-0.3, -0.25) is 0 Å². The van der Waals surface area contributed by atoms with E-state index in [0.717, 1.165) is 25.9 Å². The molecule has 100 valence electrons. The predicted octanol–water partition coefficient (Wildman–Crippen LogP) is 4.25. The Bertz CT molecular complexity index is 617. The minimum atomic E-state index is 0.652. The van der Waals surface area contributed by atoms with Crippen LogP contribution in [0.3, 0.4) is 0 Å². The van der Waals surface area contributed by atoms with Crippen LogP contribution in [-0.2, 0) is 0 Å². The first kappa shape index (κ1) is 14.1. The van der Waals surface area contributed by atoms with Crippen molar-refractivity contribution < 1.29 is 4.74 Å². The van der Waals surface area contributed by atoms with Crippen molar-refractivity contribution in [2.45, 2.75) is 6.92 Å². The highest BCUT2D eigenvalue weighted by atomic mass is 79.9. The summed E-state index contributed by atoms with van der Waals surface area (Å²) in [6.07, 6.45) is 1.63. The number of pyridine rings is 1. The Labute approximate surface area is 128 Å². The fourth-order valence-electron chi connectivity index (χ4n) is 1.58. The maximum atomic E-state index is 5.81. The Balaban J connectivity index is 2.41. The van der Waals surface area contributed by atoms with Crippen molar-refractivity contribution in [1.82, 2.24) is 4.98 Å². The minimum absolute atomic E-state index is 0.652. The summed E-state index contributed by atoms with van der Waals surface area (Å²) in [6, 6.07) is 5.73. The van der Waals surface area contributed by atoms with Crippen LogP contribution in [0.25, 0.3) is 0 Å². The topological polar surface area (TPSA) is 60.2 Å². The lowest BCUT2D eigenvalue weighted by Gasteiger charge is -2.13. The standard InChI is InChI=1S/C13H13Br2N3O/c1-7-9(16)6-17-13(12(7)15)18-10-5-8(14)3-4-11(10)19-2/h3-6H,16H2,1-2H3,(H,17,18). The molecule has 0 bridgehead atoms. The van der Waals surface area contributed by atoms with Gasteiger partial charge in [-0.15, -0.1) is 0 Å². The molecule has 1 heterocycles. The third-order valence-corrected chi connectivity index (χ3v) is 4.18. The normalized spacial score (nSPS) is 10.3. The summed E-state index contributed by atoms with van der Waals surface area (Å²) >= 11 is 6.93. The van der Waals surface area contributed by atoms with Gasteiger partial charge in [-0.25, -0.2) is 4.98 Å². The lowest BCUT2D eigenvalue weighted by Crippen LogP contribution is -2.01. The number of nitrogens with two attached hydrogens (primary N) is 1. The van der Waals surface area contributed by atoms with Crippen LogP contribution in [0.2, 0.25) is 0 Å². The molecule has 0 radical (unpaired) electrons. The summed E-state index contributed by atoms with van der Waals surface area (Å²) in [6.45, 7) is 1.93. The molecule has 2 rings (SSSR count). The third kappa shape index (κ3) is 3.01. The largest absolute Gasteiger partial charge is 0.495 e. The van der Waals surface area contributed by atoms with Gasteiger partial charge < -0.3 is 15.8 Å². The second-order valence-corrected chi connectivity index (χ2v) is 5.68. The molecule has 4 nitrogen and oxygen atoms in total. The number of methoxy groups -OCH3 is 1. The van der Waals surface area contributed by atoms with Crippen molar-refractivity contribution in [3.05, 3.63) is 38.9 Å². The van der Waals surface area contributed by atoms with Crippen LogP contribution in [0.15, 0.2) is 33.3 Å². The van der Waals surface area contributed by atoms with Crippen molar-refractivity contribution in [2.75, 3.05) is 18.2 Å². The highest BCUT2D eigenvalue weighted by Gasteiger charge is 2.10.